The quantitative estimate of drug-likeness (QED) is 0.606. The van der Waals surface area contributed by atoms with Gasteiger partial charge in [-0.05, 0) is 38.0 Å². The van der Waals surface area contributed by atoms with Crippen LogP contribution in [0, 0.1) is 0 Å². The van der Waals surface area contributed by atoms with Crippen molar-refractivity contribution in [3.05, 3.63) is 29.3 Å². The zero-order chi connectivity index (χ0) is 16.1. The van der Waals surface area contributed by atoms with Gasteiger partial charge in [0, 0.05) is 17.2 Å². The van der Waals surface area contributed by atoms with E-state index in [4.69, 9.17) is 9.47 Å². The highest BCUT2D eigenvalue weighted by Crippen LogP contribution is 2.21. The average Bonchev–Trinajstić information content (AvgIpc) is 3.29. The summed E-state index contributed by atoms with van der Waals surface area (Å²) in [5.41, 5.74) is 1.05. The van der Waals surface area contributed by atoms with Gasteiger partial charge in [0.25, 0.3) is 5.91 Å². The number of carbonyl (C=O) groups excluding carboxylic acids is 3. The van der Waals surface area contributed by atoms with Crippen LogP contribution in [0.2, 0.25) is 0 Å². The lowest BCUT2D eigenvalue weighted by Gasteiger charge is -2.10. The van der Waals surface area contributed by atoms with Gasteiger partial charge < -0.3 is 14.8 Å². The predicted octanol–water partition coefficient (Wildman–Crippen LogP) is 1.26. The third-order valence-electron chi connectivity index (χ3n) is 3.33. The topological polar surface area (TPSA) is 81.7 Å². The number of hydrogen-bond acceptors (Lipinski definition) is 5. The number of methoxy groups -OCH3 is 1. The van der Waals surface area contributed by atoms with E-state index in [9.17, 15) is 14.4 Å². The number of amides is 1. The van der Waals surface area contributed by atoms with Gasteiger partial charge in [-0.25, -0.2) is 0 Å². The summed E-state index contributed by atoms with van der Waals surface area (Å²) in [5, 5.41) is 2.73. The van der Waals surface area contributed by atoms with E-state index in [-0.39, 0.29) is 30.8 Å². The minimum Gasteiger partial charge on any atom is -0.496 e. The van der Waals surface area contributed by atoms with Crippen molar-refractivity contribution in [2.24, 2.45) is 0 Å². The molecule has 0 heterocycles. The first-order valence-corrected chi connectivity index (χ1v) is 7.12. The zero-order valence-electron chi connectivity index (χ0n) is 12.7. The van der Waals surface area contributed by atoms with E-state index in [1.807, 2.05) is 0 Å². The minimum absolute atomic E-state index is 0.0546. The molecule has 1 aliphatic rings. The summed E-state index contributed by atoms with van der Waals surface area (Å²) in [6, 6.07) is 5.11. The number of carbonyl (C=O) groups is 3. The van der Waals surface area contributed by atoms with Gasteiger partial charge in [0.05, 0.1) is 13.5 Å². The fraction of sp³-hybridized carbons (Fsp3) is 0.438. The molecule has 0 spiro atoms. The van der Waals surface area contributed by atoms with Gasteiger partial charge in [0.2, 0.25) is 0 Å². The van der Waals surface area contributed by atoms with E-state index in [1.165, 1.54) is 14.0 Å². The molecule has 1 aliphatic carbocycles. The molecule has 1 aromatic carbocycles. The van der Waals surface area contributed by atoms with Crippen LogP contribution >= 0.6 is 0 Å². The van der Waals surface area contributed by atoms with Crippen LogP contribution in [0.5, 0.6) is 5.75 Å². The number of Topliss-reactive ketones (excluding diaryl/α,β-unsaturated/α-hetero) is 1. The number of nitrogens with one attached hydrogen (secondary N) is 1. The lowest BCUT2D eigenvalue weighted by atomic mass is 10.0. The van der Waals surface area contributed by atoms with Crippen molar-refractivity contribution in [3.8, 4) is 5.75 Å². The Morgan fingerprint density at radius 3 is 2.59 bits per heavy atom. The van der Waals surface area contributed by atoms with Crippen molar-refractivity contribution in [1.29, 1.82) is 0 Å². The monoisotopic (exact) mass is 305 g/mol. The Morgan fingerprint density at radius 1 is 1.27 bits per heavy atom. The Balaban J connectivity index is 1.92. The van der Waals surface area contributed by atoms with Crippen molar-refractivity contribution < 1.29 is 23.9 Å². The van der Waals surface area contributed by atoms with Gasteiger partial charge in [-0.15, -0.1) is 0 Å². The summed E-state index contributed by atoms with van der Waals surface area (Å²) in [6.07, 6.45) is 1.91. The molecule has 0 aromatic heterocycles. The second kappa shape index (κ2) is 7.06. The van der Waals surface area contributed by atoms with Gasteiger partial charge in [0.15, 0.2) is 12.4 Å². The Hall–Kier alpha value is -2.37. The molecule has 1 aromatic rings. The number of hydrogen-bond donors (Lipinski definition) is 1. The maximum atomic E-state index is 11.8. The largest absolute Gasteiger partial charge is 0.496 e. The third-order valence-corrected chi connectivity index (χ3v) is 3.33. The molecule has 22 heavy (non-hydrogen) atoms. The van der Waals surface area contributed by atoms with Gasteiger partial charge in [-0.1, -0.05) is 0 Å². The molecular formula is C16H19NO5. The number of ketones is 1. The Kier molecular flexibility index (Phi) is 5.14. The number of esters is 1. The second-order valence-corrected chi connectivity index (χ2v) is 5.26. The van der Waals surface area contributed by atoms with Crippen LogP contribution in [-0.2, 0) is 20.7 Å². The normalized spacial score (nSPS) is 13.4. The van der Waals surface area contributed by atoms with Crippen molar-refractivity contribution >= 4 is 17.7 Å². The number of benzene rings is 1. The molecule has 6 heteroatoms. The molecule has 0 bridgehead atoms. The van der Waals surface area contributed by atoms with E-state index in [0.717, 1.165) is 12.8 Å². The predicted molar refractivity (Wildman–Crippen MR) is 78.8 cm³/mol. The van der Waals surface area contributed by atoms with Crippen LogP contribution in [0.1, 0.15) is 35.7 Å². The van der Waals surface area contributed by atoms with E-state index in [2.05, 4.69) is 5.32 Å². The van der Waals surface area contributed by atoms with Crippen molar-refractivity contribution in [1.82, 2.24) is 5.32 Å². The smallest absolute Gasteiger partial charge is 0.310 e. The Bertz CT molecular complexity index is 592. The first kappa shape index (κ1) is 16.0. The van der Waals surface area contributed by atoms with Gasteiger partial charge in [-0.2, -0.15) is 0 Å². The minimum atomic E-state index is -0.537. The summed E-state index contributed by atoms with van der Waals surface area (Å²) in [6.45, 7) is 1.16. The summed E-state index contributed by atoms with van der Waals surface area (Å²) in [7, 11) is 1.49. The molecule has 0 radical (unpaired) electrons. The van der Waals surface area contributed by atoms with E-state index in [0.29, 0.717) is 16.9 Å². The maximum absolute atomic E-state index is 11.8. The van der Waals surface area contributed by atoms with Gasteiger partial charge >= 0.3 is 5.97 Å². The van der Waals surface area contributed by atoms with Crippen LogP contribution < -0.4 is 10.1 Å². The molecule has 0 unspecified atom stereocenters. The lowest BCUT2D eigenvalue weighted by Crippen LogP contribution is -2.30. The highest BCUT2D eigenvalue weighted by molar-refractivity contribution is 5.94. The number of rotatable bonds is 7. The SMILES string of the molecule is COc1ccc(C(C)=O)cc1CC(=O)OCC(=O)NC1CC1. The molecule has 1 N–H and O–H groups in total. The highest BCUT2D eigenvalue weighted by Gasteiger charge is 2.23. The van der Waals surface area contributed by atoms with Crippen LogP contribution in [0.25, 0.3) is 0 Å². The maximum Gasteiger partial charge on any atom is 0.310 e. The standard InChI is InChI=1S/C16H19NO5/c1-10(18)11-3-6-14(21-2)12(7-11)8-16(20)22-9-15(19)17-13-4-5-13/h3,6-7,13H,4-5,8-9H2,1-2H3,(H,17,19). The molecule has 1 saturated carbocycles. The van der Waals surface area contributed by atoms with E-state index < -0.39 is 5.97 Å². The third kappa shape index (κ3) is 4.58. The van der Waals surface area contributed by atoms with Crippen LogP contribution in [0.15, 0.2) is 18.2 Å². The summed E-state index contributed by atoms with van der Waals surface area (Å²) in [4.78, 5) is 34.7. The van der Waals surface area contributed by atoms with Crippen molar-refractivity contribution in [2.45, 2.75) is 32.2 Å². The molecule has 1 amide bonds. The van der Waals surface area contributed by atoms with Crippen LogP contribution in [-0.4, -0.2) is 37.4 Å². The molecule has 6 nitrogen and oxygen atoms in total. The Labute approximate surface area is 128 Å². The summed E-state index contributed by atoms with van der Waals surface area (Å²) >= 11 is 0. The molecular weight excluding hydrogens is 286 g/mol. The number of ether oxygens (including phenoxy) is 2. The molecule has 2 rings (SSSR count). The zero-order valence-corrected chi connectivity index (χ0v) is 12.7. The van der Waals surface area contributed by atoms with E-state index >= 15 is 0 Å². The molecule has 1 fully saturated rings. The summed E-state index contributed by atoms with van der Waals surface area (Å²) < 4.78 is 10.1. The lowest BCUT2D eigenvalue weighted by molar-refractivity contribution is -0.147. The fourth-order valence-electron chi connectivity index (χ4n) is 1.99. The van der Waals surface area contributed by atoms with E-state index in [1.54, 1.807) is 18.2 Å². The van der Waals surface area contributed by atoms with Gasteiger partial charge in [-0.3, -0.25) is 14.4 Å². The molecule has 0 atom stereocenters. The molecule has 118 valence electrons. The van der Waals surface area contributed by atoms with Gasteiger partial charge in [0.1, 0.15) is 5.75 Å². The second-order valence-electron chi connectivity index (χ2n) is 5.26. The molecule has 0 saturated heterocycles. The average molecular weight is 305 g/mol. The van der Waals surface area contributed by atoms with Crippen LogP contribution in [0.4, 0.5) is 0 Å². The first-order valence-electron chi connectivity index (χ1n) is 7.12. The summed E-state index contributed by atoms with van der Waals surface area (Å²) in [5.74, 6) is -0.421. The van der Waals surface area contributed by atoms with Crippen molar-refractivity contribution in [3.63, 3.8) is 0 Å². The first-order chi connectivity index (χ1) is 10.5. The van der Waals surface area contributed by atoms with Crippen LogP contribution in [0.3, 0.4) is 0 Å². The molecule has 0 aliphatic heterocycles. The Morgan fingerprint density at radius 2 is 2.00 bits per heavy atom. The fourth-order valence-corrected chi connectivity index (χ4v) is 1.99. The highest BCUT2D eigenvalue weighted by atomic mass is 16.5. The van der Waals surface area contributed by atoms with Crippen molar-refractivity contribution in [2.75, 3.05) is 13.7 Å².